The smallest absolute Gasteiger partial charge is 0.358 e. The van der Waals surface area contributed by atoms with Gasteiger partial charge in [-0.05, 0) is 6.07 Å². The van der Waals surface area contributed by atoms with Crippen LogP contribution in [-0.2, 0) is 11.8 Å². The third kappa shape index (κ3) is 1.50. The van der Waals surface area contributed by atoms with Gasteiger partial charge in [0.1, 0.15) is 0 Å². The van der Waals surface area contributed by atoms with Crippen molar-refractivity contribution in [1.82, 2.24) is 9.78 Å². The zero-order valence-electron chi connectivity index (χ0n) is 6.77. The van der Waals surface area contributed by atoms with E-state index in [0.29, 0.717) is 0 Å². The summed E-state index contributed by atoms with van der Waals surface area (Å²) in [5.41, 5.74) is -0.137. The van der Waals surface area contributed by atoms with Gasteiger partial charge < -0.3 is 4.74 Å². The molecule has 0 aliphatic carbocycles. The van der Waals surface area contributed by atoms with E-state index < -0.39 is 5.97 Å². The van der Waals surface area contributed by atoms with Crippen LogP contribution in [0, 0.1) is 0 Å². The number of rotatable bonds is 1. The molecule has 0 unspecified atom stereocenters. The van der Waals surface area contributed by atoms with Crippen LogP contribution in [0.3, 0.4) is 0 Å². The van der Waals surface area contributed by atoms with Crippen molar-refractivity contribution in [2.24, 2.45) is 7.05 Å². The quantitative estimate of drug-likeness (QED) is 0.534. The summed E-state index contributed by atoms with van der Waals surface area (Å²) in [7, 11) is 2.73. The highest BCUT2D eigenvalue weighted by atomic mass is 16.5. The van der Waals surface area contributed by atoms with Crippen LogP contribution in [0.5, 0.6) is 0 Å². The minimum atomic E-state index is -0.550. The van der Waals surface area contributed by atoms with Crippen molar-refractivity contribution in [2.75, 3.05) is 7.11 Å². The summed E-state index contributed by atoms with van der Waals surface area (Å²) in [6.45, 7) is 0. The molecule has 1 heterocycles. The van der Waals surface area contributed by atoms with Crippen LogP contribution in [0.2, 0.25) is 0 Å². The first kappa shape index (κ1) is 8.45. The molecule has 0 aliphatic rings. The predicted molar refractivity (Wildman–Crippen MR) is 40.8 cm³/mol. The maximum atomic E-state index is 10.9. The number of hydrogen-bond acceptors (Lipinski definition) is 4. The van der Waals surface area contributed by atoms with Crippen molar-refractivity contribution in [1.29, 1.82) is 0 Å². The Kier molecular flexibility index (Phi) is 2.23. The Morgan fingerprint density at radius 2 is 2.25 bits per heavy atom. The number of ether oxygens (including phenoxy) is 1. The van der Waals surface area contributed by atoms with Crippen molar-refractivity contribution in [3.8, 4) is 0 Å². The highest BCUT2D eigenvalue weighted by Gasteiger charge is 2.06. The van der Waals surface area contributed by atoms with Crippen LogP contribution in [-0.4, -0.2) is 22.9 Å². The molecule has 5 heteroatoms. The molecule has 1 aromatic heterocycles. The molecule has 0 atom stereocenters. The van der Waals surface area contributed by atoms with E-state index in [0.717, 1.165) is 4.68 Å². The topological polar surface area (TPSA) is 61.2 Å². The van der Waals surface area contributed by atoms with Gasteiger partial charge in [-0.25, -0.2) is 9.48 Å². The lowest BCUT2D eigenvalue weighted by Crippen LogP contribution is -2.21. The molecule has 5 nitrogen and oxygen atoms in total. The van der Waals surface area contributed by atoms with E-state index in [9.17, 15) is 9.59 Å². The molecule has 0 aliphatic heterocycles. The molecule has 64 valence electrons. The molecule has 1 aromatic rings. The predicted octanol–water partition coefficient (Wildman–Crippen LogP) is -0.433. The van der Waals surface area contributed by atoms with E-state index in [1.807, 2.05) is 0 Å². The molecule has 0 amide bonds. The first-order chi connectivity index (χ1) is 5.65. The molecular weight excluding hydrogens is 160 g/mol. The van der Waals surface area contributed by atoms with Gasteiger partial charge in [-0.3, -0.25) is 4.79 Å². The molecule has 0 bridgehead atoms. The van der Waals surface area contributed by atoms with Crippen LogP contribution in [0.1, 0.15) is 10.5 Å². The summed E-state index contributed by atoms with van der Waals surface area (Å²) in [6.07, 6.45) is 0. The van der Waals surface area contributed by atoms with Crippen molar-refractivity contribution < 1.29 is 9.53 Å². The van der Waals surface area contributed by atoms with Gasteiger partial charge in [0.15, 0.2) is 5.69 Å². The largest absolute Gasteiger partial charge is 0.464 e. The van der Waals surface area contributed by atoms with Gasteiger partial charge in [0.05, 0.1) is 7.11 Å². The summed E-state index contributed by atoms with van der Waals surface area (Å²) in [4.78, 5) is 21.7. The van der Waals surface area contributed by atoms with Crippen LogP contribution in [0.15, 0.2) is 16.9 Å². The van der Waals surface area contributed by atoms with Gasteiger partial charge in [0.2, 0.25) is 0 Å². The fraction of sp³-hybridized carbons (Fsp3) is 0.286. The summed E-state index contributed by atoms with van der Waals surface area (Å²) in [6, 6.07) is 2.59. The van der Waals surface area contributed by atoms with E-state index in [-0.39, 0.29) is 11.3 Å². The Labute approximate surface area is 68.6 Å². The van der Waals surface area contributed by atoms with E-state index in [1.54, 1.807) is 0 Å². The van der Waals surface area contributed by atoms with Crippen LogP contribution in [0.25, 0.3) is 0 Å². The molecule has 0 N–H and O–H groups in total. The average molecular weight is 168 g/mol. The standard InChI is InChI=1S/C7H8N2O3/c1-9-6(10)4-3-5(8-9)7(11)12-2/h3-4H,1-2H3. The van der Waals surface area contributed by atoms with Gasteiger partial charge >= 0.3 is 5.97 Å². The number of carbonyl (C=O) groups excluding carboxylic acids is 1. The second-order valence-electron chi connectivity index (χ2n) is 2.17. The Hall–Kier alpha value is -1.65. The van der Waals surface area contributed by atoms with E-state index in [4.69, 9.17) is 0 Å². The first-order valence-corrected chi connectivity index (χ1v) is 3.28. The fourth-order valence-corrected chi connectivity index (χ4v) is 0.716. The average Bonchev–Trinajstić information content (AvgIpc) is 2.08. The molecule has 0 saturated carbocycles. The van der Waals surface area contributed by atoms with Gasteiger partial charge in [-0.15, -0.1) is 0 Å². The normalized spacial score (nSPS) is 9.50. The summed E-state index contributed by atoms with van der Waals surface area (Å²) in [5.74, 6) is -0.550. The van der Waals surface area contributed by atoms with E-state index in [2.05, 4.69) is 9.84 Å². The number of hydrogen-bond donors (Lipinski definition) is 0. The maximum absolute atomic E-state index is 10.9. The van der Waals surface area contributed by atoms with Gasteiger partial charge in [-0.1, -0.05) is 0 Å². The number of nitrogens with zero attached hydrogens (tertiary/aromatic N) is 2. The minimum absolute atomic E-state index is 0.125. The summed E-state index contributed by atoms with van der Waals surface area (Å²) < 4.78 is 5.49. The fourth-order valence-electron chi connectivity index (χ4n) is 0.716. The minimum Gasteiger partial charge on any atom is -0.464 e. The van der Waals surface area contributed by atoms with E-state index in [1.165, 1.54) is 26.3 Å². The number of aromatic nitrogens is 2. The first-order valence-electron chi connectivity index (χ1n) is 3.28. The van der Waals surface area contributed by atoms with Crippen LogP contribution >= 0.6 is 0 Å². The lowest BCUT2D eigenvalue weighted by molar-refractivity contribution is 0.0591. The third-order valence-electron chi connectivity index (χ3n) is 1.35. The molecule has 0 radical (unpaired) electrons. The SMILES string of the molecule is COC(=O)c1ccc(=O)n(C)n1. The Morgan fingerprint density at radius 1 is 1.58 bits per heavy atom. The van der Waals surface area contributed by atoms with Crippen molar-refractivity contribution in [3.63, 3.8) is 0 Å². The number of carbonyl (C=O) groups is 1. The van der Waals surface area contributed by atoms with Gasteiger partial charge in [-0.2, -0.15) is 5.10 Å². The highest BCUT2D eigenvalue weighted by molar-refractivity contribution is 5.86. The Bertz CT molecular complexity index is 356. The third-order valence-corrected chi connectivity index (χ3v) is 1.35. The maximum Gasteiger partial charge on any atom is 0.358 e. The van der Waals surface area contributed by atoms with Crippen LogP contribution < -0.4 is 5.56 Å². The lowest BCUT2D eigenvalue weighted by atomic mass is 10.4. The molecule has 1 rings (SSSR count). The number of aryl methyl sites for hydroxylation is 1. The second-order valence-corrected chi connectivity index (χ2v) is 2.17. The molecule has 0 aromatic carbocycles. The second kappa shape index (κ2) is 3.17. The van der Waals surface area contributed by atoms with E-state index >= 15 is 0 Å². The Balaban J connectivity index is 3.13. The summed E-state index contributed by atoms with van der Waals surface area (Å²) in [5, 5.41) is 3.67. The highest BCUT2D eigenvalue weighted by Crippen LogP contribution is 1.91. The monoisotopic (exact) mass is 168 g/mol. The zero-order valence-corrected chi connectivity index (χ0v) is 6.77. The molecule has 12 heavy (non-hydrogen) atoms. The number of esters is 1. The Morgan fingerprint density at radius 3 is 2.75 bits per heavy atom. The van der Waals surface area contributed by atoms with Crippen LogP contribution in [0.4, 0.5) is 0 Å². The molecule has 0 saturated heterocycles. The van der Waals surface area contributed by atoms with Gasteiger partial charge in [0.25, 0.3) is 5.56 Å². The van der Waals surface area contributed by atoms with Crippen molar-refractivity contribution >= 4 is 5.97 Å². The van der Waals surface area contributed by atoms with Crippen molar-refractivity contribution in [2.45, 2.75) is 0 Å². The van der Waals surface area contributed by atoms with Gasteiger partial charge in [0, 0.05) is 13.1 Å². The zero-order chi connectivity index (χ0) is 9.14. The van der Waals surface area contributed by atoms with Crippen molar-refractivity contribution in [3.05, 3.63) is 28.2 Å². The summed E-state index contributed by atoms with van der Waals surface area (Å²) >= 11 is 0. The molecular formula is C7H8N2O3. The molecule has 0 spiro atoms. The lowest BCUT2D eigenvalue weighted by Gasteiger charge is -1.98. The molecule has 0 fully saturated rings. The number of methoxy groups -OCH3 is 1.